The predicted octanol–water partition coefficient (Wildman–Crippen LogP) is 4.32. The van der Waals surface area contributed by atoms with Crippen LogP contribution in [0.3, 0.4) is 0 Å². The number of halogens is 1. The molecule has 0 aliphatic heterocycles. The van der Waals surface area contributed by atoms with Gasteiger partial charge in [0.15, 0.2) is 0 Å². The Morgan fingerprint density at radius 1 is 1.24 bits per heavy atom. The first kappa shape index (κ1) is 17.0. The molecule has 0 spiro atoms. The average molecular weight is 356 g/mol. The molecule has 0 amide bonds. The number of rotatable bonds is 7. The number of aromatic nitrogens is 2. The Morgan fingerprint density at radius 2 is 1.95 bits per heavy atom. The van der Waals surface area contributed by atoms with Gasteiger partial charge in [-0.2, -0.15) is 5.10 Å². The van der Waals surface area contributed by atoms with Crippen LogP contribution in [0.1, 0.15) is 57.3 Å². The Balaban J connectivity index is 2.04. The number of hydrogen-bond donors (Lipinski definition) is 1. The summed E-state index contributed by atoms with van der Waals surface area (Å²) in [6.45, 7) is 9.83. The van der Waals surface area contributed by atoms with E-state index in [9.17, 15) is 0 Å². The van der Waals surface area contributed by atoms with Crippen LogP contribution in [0.2, 0.25) is 0 Å². The van der Waals surface area contributed by atoms with Gasteiger partial charge in [-0.05, 0) is 80.4 Å². The van der Waals surface area contributed by atoms with Crippen LogP contribution in [0.4, 0.5) is 0 Å². The summed E-state index contributed by atoms with van der Waals surface area (Å²) in [6.07, 6.45) is 7.96. The van der Waals surface area contributed by atoms with Gasteiger partial charge in [0.1, 0.15) is 0 Å². The Labute approximate surface area is 138 Å². The zero-order valence-electron chi connectivity index (χ0n) is 13.8. The van der Waals surface area contributed by atoms with Crippen LogP contribution in [-0.2, 0) is 13.0 Å². The van der Waals surface area contributed by atoms with Gasteiger partial charge in [0.2, 0.25) is 0 Å². The van der Waals surface area contributed by atoms with Crippen LogP contribution < -0.4 is 5.32 Å². The second kappa shape index (κ2) is 8.33. The fourth-order valence-electron chi connectivity index (χ4n) is 3.60. The molecule has 0 radical (unpaired) electrons. The summed E-state index contributed by atoms with van der Waals surface area (Å²) in [7, 11) is 0. The number of nitrogens with zero attached hydrogens (tertiary/aromatic N) is 2. The first-order valence-corrected chi connectivity index (χ1v) is 9.39. The molecule has 2 rings (SSSR count). The molecule has 1 saturated carbocycles. The maximum Gasteiger partial charge on any atom is 0.0738 e. The van der Waals surface area contributed by atoms with E-state index in [-0.39, 0.29) is 0 Å². The largest absolute Gasteiger partial charge is 0.316 e. The summed E-state index contributed by atoms with van der Waals surface area (Å²) >= 11 is 3.75. The third-order valence-electron chi connectivity index (χ3n) is 4.81. The van der Waals surface area contributed by atoms with Gasteiger partial charge >= 0.3 is 0 Å². The van der Waals surface area contributed by atoms with E-state index >= 15 is 0 Å². The van der Waals surface area contributed by atoms with E-state index in [4.69, 9.17) is 0 Å². The summed E-state index contributed by atoms with van der Waals surface area (Å²) in [6, 6.07) is 0. The molecule has 0 bridgehead atoms. The van der Waals surface area contributed by atoms with Crippen molar-refractivity contribution < 1.29 is 0 Å². The second-order valence-electron chi connectivity index (χ2n) is 6.37. The van der Waals surface area contributed by atoms with E-state index in [1.165, 1.54) is 55.2 Å². The molecule has 0 saturated heterocycles. The van der Waals surface area contributed by atoms with Crippen LogP contribution in [-0.4, -0.2) is 22.9 Å². The van der Waals surface area contributed by atoms with Crippen molar-refractivity contribution >= 4 is 15.9 Å². The van der Waals surface area contributed by atoms with Crippen molar-refractivity contribution in [3.05, 3.63) is 15.9 Å². The van der Waals surface area contributed by atoms with E-state index < -0.39 is 0 Å². The van der Waals surface area contributed by atoms with Gasteiger partial charge in [0, 0.05) is 6.54 Å². The van der Waals surface area contributed by atoms with Crippen molar-refractivity contribution in [2.45, 2.75) is 65.8 Å². The second-order valence-corrected chi connectivity index (χ2v) is 7.17. The first-order chi connectivity index (χ1) is 10.2. The lowest BCUT2D eigenvalue weighted by atomic mass is 9.77. The molecule has 1 heterocycles. The SMILES string of the molecule is CCCNCC1CCCCC1Cc1c(Br)c(C)nn1CC. The van der Waals surface area contributed by atoms with Crippen LogP contribution in [0.15, 0.2) is 4.47 Å². The van der Waals surface area contributed by atoms with Crippen LogP contribution in [0.25, 0.3) is 0 Å². The summed E-state index contributed by atoms with van der Waals surface area (Å²) < 4.78 is 3.42. The van der Waals surface area contributed by atoms with Gasteiger partial charge in [-0.3, -0.25) is 4.68 Å². The van der Waals surface area contributed by atoms with Gasteiger partial charge in [-0.1, -0.05) is 19.8 Å². The van der Waals surface area contributed by atoms with E-state index in [0.29, 0.717) is 0 Å². The smallest absolute Gasteiger partial charge is 0.0738 e. The molecule has 1 N–H and O–H groups in total. The highest BCUT2D eigenvalue weighted by molar-refractivity contribution is 9.10. The minimum absolute atomic E-state index is 0.806. The summed E-state index contributed by atoms with van der Waals surface area (Å²) in [5.74, 6) is 1.64. The summed E-state index contributed by atoms with van der Waals surface area (Å²) in [5.41, 5.74) is 2.53. The predicted molar refractivity (Wildman–Crippen MR) is 92.7 cm³/mol. The maximum absolute atomic E-state index is 4.65. The Morgan fingerprint density at radius 3 is 2.62 bits per heavy atom. The standard InChI is InChI=1S/C17H30BrN3/c1-4-10-19-12-15-9-7-6-8-14(15)11-16-17(18)13(3)20-21(16)5-2/h14-15,19H,4-12H2,1-3H3. The third kappa shape index (κ3) is 4.32. The van der Waals surface area contributed by atoms with E-state index in [2.05, 4.69) is 51.8 Å². The molecule has 2 unspecified atom stereocenters. The van der Waals surface area contributed by atoms with Crippen molar-refractivity contribution in [3.63, 3.8) is 0 Å². The molecule has 3 nitrogen and oxygen atoms in total. The molecule has 120 valence electrons. The molecule has 1 aliphatic rings. The molecule has 1 fully saturated rings. The van der Waals surface area contributed by atoms with Crippen molar-refractivity contribution in [1.82, 2.24) is 15.1 Å². The summed E-state index contributed by atoms with van der Waals surface area (Å²) in [5, 5.41) is 8.28. The molecule has 0 aromatic carbocycles. The first-order valence-electron chi connectivity index (χ1n) is 8.59. The molecule has 1 aliphatic carbocycles. The van der Waals surface area contributed by atoms with Crippen LogP contribution in [0, 0.1) is 18.8 Å². The fourth-order valence-corrected chi connectivity index (χ4v) is 4.04. The molecule has 1 aromatic rings. The molecule has 1 aromatic heterocycles. The number of nitrogens with one attached hydrogen (secondary N) is 1. The number of aryl methyl sites for hydroxylation is 2. The van der Waals surface area contributed by atoms with Crippen molar-refractivity contribution in [1.29, 1.82) is 0 Å². The Bertz CT molecular complexity index is 441. The maximum atomic E-state index is 4.65. The summed E-state index contributed by atoms with van der Waals surface area (Å²) in [4.78, 5) is 0. The van der Waals surface area contributed by atoms with Crippen molar-refractivity contribution in [3.8, 4) is 0 Å². The monoisotopic (exact) mass is 355 g/mol. The van der Waals surface area contributed by atoms with Gasteiger partial charge in [0.05, 0.1) is 15.9 Å². The lowest BCUT2D eigenvalue weighted by Gasteiger charge is -2.32. The van der Waals surface area contributed by atoms with E-state index in [1.807, 2.05) is 0 Å². The van der Waals surface area contributed by atoms with E-state index in [0.717, 1.165) is 30.6 Å². The third-order valence-corrected chi connectivity index (χ3v) is 5.84. The van der Waals surface area contributed by atoms with Gasteiger partial charge < -0.3 is 5.32 Å². The molecule has 21 heavy (non-hydrogen) atoms. The van der Waals surface area contributed by atoms with Gasteiger partial charge in [-0.15, -0.1) is 0 Å². The number of hydrogen-bond acceptors (Lipinski definition) is 2. The van der Waals surface area contributed by atoms with Crippen molar-refractivity contribution in [2.24, 2.45) is 11.8 Å². The highest BCUT2D eigenvalue weighted by atomic mass is 79.9. The zero-order chi connectivity index (χ0) is 15.2. The average Bonchev–Trinajstić information content (AvgIpc) is 2.77. The van der Waals surface area contributed by atoms with Crippen molar-refractivity contribution in [2.75, 3.05) is 13.1 Å². The lowest BCUT2D eigenvalue weighted by molar-refractivity contribution is 0.225. The van der Waals surface area contributed by atoms with Gasteiger partial charge in [-0.25, -0.2) is 0 Å². The lowest BCUT2D eigenvalue weighted by Crippen LogP contribution is -2.32. The molecular formula is C17H30BrN3. The topological polar surface area (TPSA) is 29.9 Å². The fraction of sp³-hybridized carbons (Fsp3) is 0.824. The quantitative estimate of drug-likeness (QED) is 0.738. The van der Waals surface area contributed by atoms with E-state index in [1.54, 1.807) is 0 Å². The molecule has 4 heteroatoms. The Kier molecular flexibility index (Phi) is 6.74. The molecular weight excluding hydrogens is 326 g/mol. The van der Waals surface area contributed by atoms with Crippen LogP contribution >= 0.6 is 15.9 Å². The van der Waals surface area contributed by atoms with Gasteiger partial charge in [0.25, 0.3) is 0 Å². The minimum Gasteiger partial charge on any atom is -0.316 e. The normalized spacial score (nSPS) is 22.7. The highest BCUT2D eigenvalue weighted by Gasteiger charge is 2.27. The van der Waals surface area contributed by atoms with Crippen LogP contribution in [0.5, 0.6) is 0 Å². The Hall–Kier alpha value is -0.350. The molecule has 2 atom stereocenters. The highest BCUT2D eigenvalue weighted by Crippen LogP contribution is 2.34. The minimum atomic E-state index is 0.806. The zero-order valence-corrected chi connectivity index (χ0v) is 15.4.